The molecular weight excluding hydrogens is 262 g/mol. The molecule has 0 saturated carbocycles. The zero-order valence-corrected chi connectivity index (χ0v) is 11.3. The van der Waals surface area contributed by atoms with Crippen LogP contribution in [0.1, 0.15) is 11.1 Å². The van der Waals surface area contributed by atoms with E-state index < -0.39 is 0 Å². The van der Waals surface area contributed by atoms with Gasteiger partial charge in [0.2, 0.25) is 0 Å². The summed E-state index contributed by atoms with van der Waals surface area (Å²) in [5.41, 5.74) is 3.86. The molecule has 0 spiro atoms. The van der Waals surface area contributed by atoms with Gasteiger partial charge in [0.15, 0.2) is 0 Å². The summed E-state index contributed by atoms with van der Waals surface area (Å²) >= 11 is 5.93. The quantitative estimate of drug-likeness (QED) is 0.739. The standard InChI is InChI=1S/C14H12ClN3O/c1-8-5-9(2)14(19)13(6-8)18-16-11-4-3-10(15)7-12(11)17-18/h3-7,19H,1-2H3. The molecule has 96 valence electrons. The molecule has 19 heavy (non-hydrogen) atoms. The molecule has 5 heteroatoms. The summed E-state index contributed by atoms with van der Waals surface area (Å²) in [5.74, 6) is 0.192. The molecule has 1 heterocycles. The fraction of sp³-hybridized carbons (Fsp3) is 0.143. The van der Waals surface area contributed by atoms with Crippen molar-refractivity contribution >= 4 is 22.6 Å². The van der Waals surface area contributed by atoms with Crippen LogP contribution in [0.25, 0.3) is 16.7 Å². The number of aromatic nitrogens is 3. The molecule has 0 fully saturated rings. The number of rotatable bonds is 1. The Labute approximate surface area is 115 Å². The van der Waals surface area contributed by atoms with Gasteiger partial charge in [-0.05, 0) is 49.2 Å². The predicted octanol–water partition coefficient (Wildman–Crippen LogP) is 3.40. The van der Waals surface area contributed by atoms with Gasteiger partial charge < -0.3 is 5.11 Å². The Morgan fingerprint density at radius 2 is 1.79 bits per heavy atom. The number of phenols is 1. The molecule has 3 rings (SSSR count). The Morgan fingerprint density at radius 3 is 2.58 bits per heavy atom. The number of hydrogen-bond acceptors (Lipinski definition) is 3. The first-order chi connectivity index (χ1) is 9.04. The molecule has 0 aliphatic rings. The lowest BCUT2D eigenvalue weighted by atomic mass is 10.1. The highest BCUT2D eigenvalue weighted by molar-refractivity contribution is 6.31. The summed E-state index contributed by atoms with van der Waals surface area (Å²) < 4.78 is 0. The maximum atomic E-state index is 10.1. The summed E-state index contributed by atoms with van der Waals surface area (Å²) in [4.78, 5) is 1.44. The van der Waals surface area contributed by atoms with Gasteiger partial charge in [-0.25, -0.2) is 0 Å². The number of phenolic OH excluding ortho intramolecular Hbond substituents is 1. The molecule has 4 nitrogen and oxygen atoms in total. The van der Waals surface area contributed by atoms with Crippen molar-refractivity contribution in [3.8, 4) is 11.4 Å². The Hall–Kier alpha value is -2.07. The number of fused-ring (bicyclic) bond motifs is 1. The van der Waals surface area contributed by atoms with E-state index in [0.29, 0.717) is 16.2 Å². The third-order valence-electron chi connectivity index (χ3n) is 2.98. The number of aryl methyl sites for hydroxylation is 2. The maximum absolute atomic E-state index is 10.1. The van der Waals surface area contributed by atoms with Crippen molar-refractivity contribution < 1.29 is 5.11 Å². The summed E-state index contributed by atoms with van der Waals surface area (Å²) in [5, 5.41) is 19.4. The topological polar surface area (TPSA) is 50.9 Å². The highest BCUT2D eigenvalue weighted by atomic mass is 35.5. The van der Waals surface area contributed by atoms with Crippen LogP contribution >= 0.6 is 11.6 Å². The predicted molar refractivity (Wildman–Crippen MR) is 75.0 cm³/mol. The number of halogens is 1. The Kier molecular flexibility index (Phi) is 2.68. The highest BCUT2D eigenvalue weighted by Gasteiger charge is 2.11. The number of nitrogens with zero attached hydrogens (tertiary/aromatic N) is 3. The van der Waals surface area contributed by atoms with Crippen molar-refractivity contribution in [2.75, 3.05) is 0 Å². The van der Waals surface area contributed by atoms with Crippen LogP contribution in [0.15, 0.2) is 30.3 Å². The van der Waals surface area contributed by atoms with E-state index in [1.54, 1.807) is 18.2 Å². The third-order valence-corrected chi connectivity index (χ3v) is 3.22. The van der Waals surface area contributed by atoms with Gasteiger partial charge in [0.1, 0.15) is 22.5 Å². The van der Waals surface area contributed by atoms with Crippen molar-refractivity contribution in [2.24, 2.45) is 0 Å². The molecule has 0 amide bonds. The van der Waals surface area contributed by atoms with Crippen LogP contribution in [0.5, 0.6) is 5.75 Å². The highest BCUT2D eigenvalue weighted by Crippen LogP contribution is 2.27. The lowest BCUT2D eigenvalue weighted by molar-refractivity contribution is 0.463. The molecule has 0 bridgehead atoms. The summed E-state index contributed by atoms with van der Waals surface area (Å²) in [6, 6.07) is 9.09. The van der Waals surface area contributed by atoms with E-state index in [2.05, 4.69) is 10.2 Å². The molecule has 0 atom stereocenters. The van der Waals surface area contributed by atoms with Crippen LogP contribution < -0.4 is 0 Å². The average molecular weight is 274 g/mol. The van der Waals surface area contributed by atoms with E-state index in [9.17, 15) is 5.11 Å². The first-order valence-corrected chi connectivity index (χ1v) is 6.25. The molecule has 2 aromatic carbocycles. The van der Waals surface area contributed by atoms with Crippen LogP contribution in [0.2, 0.25) is 5.02 Å². The molecule has 0 saturated heterocycles. The molecule has 0 aliphatic heterocycles. The smallest absolute Gasteiger partial charge is 0.146 e. The number of aromatic hydroxyl groups is 1. The van der Waals surface area contributed by atoms with Gasteiger partial charge in [0.25, 0.3) is 0 Å². The van der Waals surface area contributed by atoms with Crippen molar-refractivity contribution in [2.45, 2.75) is 13.8 Å². The van der Waals surface area contributed by atoms with Gasteiger partial charge in [-0.1, -0.05) is 17.7 Å². The largest absolute Gasteiger partial charge is 0.505 e. The van der Waals surface area contributed by atoms with E-state index in [1.165, 1.54) is 4.80 Å². The van der Waals surface area contributed by atoms with Crippen molar-refractivity contribution in [3.63, 3.8) is 0 Å². The average Bonchev–Trinajstić information content (AvgIpc) is 2.76. The molecular formula is C14H12ClN3O. The summed E-state index contributed by atoms with van der Waals surface area (Å²) in [6.07, 6.45) is 0. The normalized spacial score (nSPS) is 11.1. The molecule has 1 aromatic heterocycles. The lowest BCUT2D eigenvalue weighted by Crippen LogP contribution is -2.00. The second-order valence-corrected chi connectivity index (χ2v) is 5.01. The van der Waals surface area contributed by atoms with Crippen LogP contribution in [0.4, 0.5) is 0 Å². The molecule has 0 unspecified atom stereocenters. The van der Waals surface area contributed by atoms with Crippen molar-refractivity contribution in [3.05, 3.63) is 46.5 Å². The molecule has 3 aromatic rings. The van der Waals surface area contributed by atoms with Crippen LogP contribution in [-0.2, 0) is 0 Å². The van der Waals surface area contributed by atoms with Crippen LogP contribution in [-0.4, -0.2) is 20.1 Å². The Balaban J connectivity index is 2.24. The molecule has 1 N–H and O–H groups in total. The summed E-state index contributed by atoms with van der Waals surface area (Å²) in [6.45, 7) is 3.82. The van der Waals surface area contributed by atoms with Gasteiger partial charge in [-0.3, -0.25) is 0 Å². The monoisotopic (exact) mass is 273 g/mol. The van der Waals surface area contributed by atoms with E-state index in [1.807, 2.05) is 26.0 Å². The van der Waals surface area contributed by atoms with Crippen molar-refractivity contribution in [1.82, 2.24) is 15.0 Å². The minimum atomic E-state index is 0.192. The van der Waals surface area contributed by atoms with E-state index in [4.69, 9.17) is 11.6 Å². The first kappa shape index (κ1) is 12.0. The van der Waals surface area contributed by atoms with Gasteiger partial charge in [0.05, 0.1) is 0 Å². The minimum absolute atomic E-state index is 0.192. The molecule has 0 radical (unpaired) electrons. The van der Waals surface area contributed by atoms with Gasteiger partial charge >= 0.3 is 0 Å². The van der Waals surface area contributed by atoms with Crippen molar-refractivity contribution in [1.29, 1.82) is 0 Å². The van der Waals surface area contributed by atoms with E-state index in [0.717, 1.165) is 16.6 Å². The fourth-order valence-electron chi connectivity index (χ4n) is 2.09. The molecule has 0 aliphatic carbocycles. The van der Waals surface area contributed by atoms with Gasteiger partial charge in [-0.2, -0.15) is 0 Å². The van der Waals surface area contributed by atoms with Crippen LogP contribution in [0, 0.1) is 13.8 Å². The second-order valence-electron chi connectivity index (χ2n) is 4.57. The van der Waals surface area contributed by atoms with Gasteiger partial charge in [-0.15, -0.1) is 15.0 Å². The van der Waals surface area contributed by atoms with E-state index >= 15 is 0 Å². The fourth-order valence-corrected chi connectivity index (χ4v) is 2.25. The lowest BCUT2D eigenvalue weighted by Gasteiger charge is -2.07. The minimum Gasteiger partial charge on any atom is -0.505 e. The Bertz CT molecular complexity index is 780. The van der Waals surface area contributed by atoms with E-state index in [-0.39, 0.29) is 5.75 Å². The SMILES string of the molecule is Cc1cc(C)c(O)c(-n2nc3ccc(Cl)cc3n2)c1. The van der Waals surface area contributed by atoms with Crippen LogP contribution in [0.3, 0.4) is 0 Å². The third kappa shape index (κ3) is 2.04. The Morgan fingerprint density at radius 1 is 1.05 bits per heavy atom. The summed E-state index contributed by atoms with van der Waals surface area (Å²) in [7, 11) is 0. The maximum Gasteiger partial charge on any atom is 0.146 e. The zero-order chi connectivity index (χ0) is 13.6. The first-order valence-electron chi connectivity index (χ1n) is 5.88. The van der Waals surface area contributed by atoms with Gasteiger partial charge in [0, 0.05) is 5.02 Å². The number of benzene rings is 2. The second kappa shape index (κ2) is 4.24. The zero-order valence-electron chi connectivity index (χ0n) is 10.6. The number of hydrogen-bond donors (Lipinski definition) is 1.